The first-order valence-electron chi connectivity index (χ1n) is 7.13. The average molecular weight is 359 g/mol. The minimum atomic E-state index is -3.87. The summed E-state index contributed by atoms with van der Waals surface area (Å²) in [4.78, 5) is 4.64. The molecule has 0 aromatic heterocycles. The maximum Gasteiger partial charge on any atom is 1.00 e. The minimum absolute atomic E-state index is 0. The fourth-order valence-corrected chi connectivity index (χ4v) is 4.24. The van der Waals surface area contributed by atoms with Gasteiger partial charge in [-0.15, -0.1) is 0 Å². The van der Waals surface area contributed by atoms with Crippen LogP contribution >= 0.6 is 11.8 Å². The van der Waals surface area contributed by atoms with Gasteiger partial charge in [-0.2, -0.15) is 8.42 Å². The normalized spacial score (nSPS) is 13.0. The van der Waals surface area contributed by atoms with Crippen LogP contribution in [-0.4, -0.2) is 25.3 Å². The molecule has 118 valence electrons. The monoisotopic (exact) mass is 359 g/mol. The Bertz CT molecular complexity index is 741. The van der Waals surface area contributed by atoms with Gasteiger partial charge in [-0.05, 0) is 37.1 Å². The van der Waals surface area contributed by atoms with Crippen LogP contribution in [0.2, 0.25) is 0 Å². The molecule has 23 heavy (non-hydrogen) atoms. The molecule has 0 radical (unpaired) electrons. The molecule has 1 aliphatic heterocycles. The summed E-state index contributed by atoms with van der Waals surface area (Å²) in [6.07, 6.45) is 1.15. The van der Waals surface area contributed by atoms with E-state index in [0.717, 1.165) is 17.9 Å². The Kier molecular flexibility index (Phi) is 6.59. The second kappa shape index (κ2) is 8.05. The number of para-hydroxylation sites is 2. The Morgan fingerprint density at radius 3 is 2.00 bits per heavy atom. The van der Waals surface area contributed by atoms with Crippen molar-refractivity contribution in [1.29, 1.82) is 0 Å². The van der Waals surface area contributed by atoms with Crippen molar-refractivity contribution in [1.82, 2.24) is 0 Å². The van der Waals surface area contributed by atoms with Crippen molar-refractivity contribution in [2.24, 2.45) is 0 Å². The van der Waals surface area contributed by atoms with Gasteiger partial charge >= 0.3 is 29.6 Å². The molecule has 3 rings (SSSR count). The van der Waals surface area contributed by atoms with Gasteiger partial charge in [0.2, 0.25) is 0 Å². The standard InChI is InChI=1S/C16H17NO3S2.Na.H/c18-22(19,20)12-6-5-11-17-13-7-1-3-9-15(13)21-16-10-4-2-8-14(16)17;;/h1-4,7-10H,5-6,11-12H2,(H,18,19,20);;/q;+1;-1. The summed E-state index contributed by atoms with van der Waals surface area (Å²) in [7, 11) is -3.87. The summed E-state index contributed by atoms with van der Waals surface area (Å²) in [6, 6.07) is 16.4. The van der Waals surface area contributed by atoms with E-state index in [1.807, 2.05) is 24.3 Å². The number of hydrogen-bond donors (Lipinski definition) is 1. The zero-order valence-corrected chi connectivity index (χ0v) is 16.6. The van der Waals surface area contributed by atoms with Gasteiger partial charge in [0, 0.05) is 16.3 Å². The van der Waals surface area contributed by atoms with Crippen LogP contribution in [0.5, 0.6) is 0 Å². The van der Waals surface area contributed by atoms with E-state index in [0.29, 0.717) is 12.8 Å². The summed E-state index contributed by atoms with van der Waals surface area (Å²) in [5.74, 6) is -0.182. The van der Waals surface area contributed by atoms with Crippen LogP contribution in [0.3, 0.4) is 0 Å². The van der Waals surface area contributed by atoms with Crippen LogP contribution in [0, 0.1) is 0 Å². The molecule has 7 heteroatoms. The molecule has 0 fully saturated rings. The fourth-order valence-electron chi connectivity index (χ4n) is 2.58. The van der Waals surface area contributed by atoms with E-state index in [4.69, 9.17) is 4.55 Å². The number of nitrogens with zero attached hydrogens (tertiary/aromatic N) is 1. The molecule has 1 aliphatic rings. The number of benzene rings is 2. The number of fused-ring (bicyclic) bond motifs is 2. The Balaban J connectivity index is 0.00000144. The van der Waals surface area contributed by atoms with Gasteiger partial charge in [-0.25, -0.2) is 0 Å². The Labute approximate surface area is 164 Å². The maximum atomic E-state index is 10.8. The van der Waals surface area contributed by atoms with E-state index in [1.165, 1.54) is 9.79 Å². The first kappa shape index (κ1) is 18.8. The molecule has 0 amide bonds. The Morgan fingerprint density at radius 1 is 0.957 bits per heavy atom. The van der Waals surface area contributed by atoms with E-state index >= 15 is 0 Å². The molecule has 2 aromatic carbocycles. The Morgan fingerprint density at radius 2 is 1.48 bits per heavy atom. The fraction of sp³-hybridized carbons (Fsp3) is 0.250. The van der Waals surface area contributed by atoms with E-state index in [2.05, 4.69) is 29.2 Å². The number of rotatable bonds is 5. The zero-order valence-electron chi connectivity index (χ0n) is 14.0. The summed E-state index contributed by atoms with van der Waals surface area (Å²) >= 11 is 1.75. The third-order valence-electron chi connectivity index (χ3n) is 3.57. The van der Waals surface area contributed by atoms with E-state index in [-0.39, 0.29) is 36.7 Å². The smallest absolute Gasteiger partial charge is 1.00 e. The molecule has 0 saturated heterocycles. The first-order chi connectivity index (χ1) is 10.5. The van der Waals surface area contributed by atoms with Gasteiger partial charge in [0.15, 0.2) is 0 Å². The van der Waals surface area contributed by atoms with Crippen LogP contribution in [0.15, 0.2) is 58.3 Å². The van der Waals surface area contributed by atoms with Crippen LogP contribution in [0.25, 0.3) is 0 Å². The minimum Gasteiger partial charge on any atom is -1.00 e. The SMILES string of the molecule is O=S(=O)(O)CCCCN1c2ccccc2Sc2ccccc21.[H-].[Na+]. The van der Waals surface area contributed by atoms with Crippen LogP contribution in [0.1, 0.15) is 14.3 Å². The van der Waals surface area contributed by atoms with Crippen LogP contribution in [0.4, 0.5) is 11.4 Å². The van der Waals surface area contributed by atoms with E-state index < -0.39 is 10.1 Å². The van der Waals surface area contributed by atoms with Crippen molar-refractivity contribution < 1.29 is 44.0 Å². The van der Waals surface area contributed by atoms with Gasteiger partial charge < -0.3 is 6.33 Å². The largest absolute Gasteiger partial charge is 1.00 e. The summed E-state index contributed by atoms with van der Waals surface area (Å²) in [6.45, 7) is 0.726. The van der Waals surface area contributed by atoms with Gasteiger partial charge in [0.1, 0.15) is 0 Å². The predicted octanol–water partition coefficient (Wildman–Crippen LogP) is 1.07. The quantitative estimate of drug-likeness (QED) is 0.492. The van der Waals surface area contributed by atoms with Gasteiger partial charge in [-0.3, -0.25) is 4.55 Å². The molecule has 0 saturated carbocycles. The summed E-state index contributed by atoms with van der Waals surface area (Å²) < 4.78 is 30.5. The van der Waals surface area contributed by atoms with Gasteiger partial charge in [-0.1, -0.05) is 36.0 Å². The first-order valence-corrected chi connectivity index (χ1v) is 9.56. The molecule has 0 spiro atoms. The van der Waals surface area contributed by atoms with Crippen molar-refractivity contribution in [2.75, 3.05) is 17.2 Å². The average Bonchev–Trinajstić information content (AvgIpc) is 2.49. The van der Waals surface area contributed by atoms with Crippen molar-refractivity contribution in [3.05, 3.63) is 48.5 Å². The molecule has 4 nitrogen and oxygen atoms in total. The van der Waals surface area contributed by atoms with Crippen LogP contribution < -0.4 is 34.5 Å². The van der Waals surface area contributed by atoms with E-state index in [1.54, 1.807) is 11.8 Å². The zero-order chi connectivity index (χ0) is 15.6. The molecular formula is C16H18NNaO3S2. The topological polar surface area (TPSA) is 57.6 Å². The molecule has 0 atom stereocenters. The summed E-state index contributed by atoms with van der Waals surface area (Å²) in [5, 5.41) is 0. The molecule has 1 heterocycles. The van der Waals surface area contributed by atoms with Gasteiger partial charge in [0.25, 0.3) is 10.1 Å². The molecule has 0 aliphatic carbocycles. The third kappa shape index (κ3) is 4.75. The number of anilines is 2. The Hall–Kier alpha value is -0.500. The molecule has 0 bridgehead atoms. The van der Waals surface area contributed by atoms with Crippen molar-refractivity contribution in [3.63, 3.8) is 0 Å². The predicted molar refractivity (Wildman–Crippen MR) is 90.8 cm³/mol. The van der Waals surface area contributed by atoms with Crippen molar-refractivity contribution >= 4 is 33.3 Å². The molecular weight excluding hydrogens is 341 g/mol. The van der Waals surface area contributed by atoms with E-state index in [9.17, 15) is 8.42 Å². The molecule has 1 N–H and O–H groups in total. The number of unbranched alkanes of at least 4 members (excludes halogenated alkanes) is 1. The maximum absolute atomic E-state index is 10.8. The van der Waals surface area contributed by atoms with Gasteiger partial charge in [0.05, 0.1) is 17.1 Å². The second-order valence-corrected chi connectivity index (χ2v) is 7.84. The van der Waals surface area contributed by atoms with Crippen molar-refractivity contribution in [2.45, 2.75) is 22.6 Å². The second-order valence-electron chi connectivity index (χ2n) is 5.18. The number of hydrogen-bond acceptors (Lipinski definition) is 4. The van der Waals surface area contributed by atoms with Crippen LogP contribution in [-0.2, 0) is 10.1 Å². The molecule has 0 unspecified atom stereocenters. The van der Waals surface area contributed by atoms with Crippen molar-refractivity contribution in [3.8, 4) is 0 Å². The third-order valence-corrected chi connectivity index (χ3v) is 5.50. The summed E-state index contributed by atoms with van der Waals surface area (Å²) in [5.41, 5.74) is 2.30. The molecule has 2 aromatic rings.